The molecule has 0 amide bonds. The van der Waals surface area contributed by atoms with E-state index in [0.29, 0.717) is 12.5 Å². The maximum absolute atomic E-state index is 11.9. The van der Waals surface area contributed by atoms with Crippen LogP contribution in [-0.4, -0.2) is 52.2 Å². The van der Waals surface area contributed by atoms with Gasteiger partial charge in [-0.05, 0) is 6.92 Å². The van der Waals surface area contributed by atoms with Crippen LogP contribution in [-0.2, 0) is 20.0 Å². The maximum Gasteiger partial charge on any atom is 0.243 e. The molecule has 0 saturated carbocycles. The van der Waals surface area contributed by atoms with E-state index in [1.807, 2.05) is 6.92 Å². The third-order valence-corrected chi connectivity index (χ3v) is 5.19. The summed E-state index contributed by atoms with van der Waals surface area (Å²) in [6.45, 7) is 4.15. The molecule has 1 aromatic rings. The van der Waals surface area contributed by atoms with Crippen molar-refractivity contribution in [1.82, 2.24) is 19.4 Å². The summed E-state index contributed by atoms with van der Waals surface area (Å²) in [5.74, 6) is -0.0117. The normalized spacial score (nSPS) is 12.3. The zero-order chi connectivity index (χ0) is 15.9. The Kier molecular flexibility index (Phi) is 6.45. The number of anilines is 1. The van der Waals surface area contributed by atoms with Crippen molar-refractivity contribution in [3.8, 4) is 0 Å². The lowest BCUT2D eigenvalue weighted by molar-refractivity contribution is 0.576. The largest absolute Gasteiger partial charge is 0.355 e. The minimum absolute atomic E-state index is 0.120. The lowest BCUT2D eigenvalue weighted by Gasteiger charge is -2.08. The Balaban J connectivity index is 2.65. The van der Waals surface area contributed by atoms with Gasteiger partial charge in [0.15, 0.2) is 0 Å². The average Bonchev–Trinajstić information content (AvgIpc) is 2.39. The Morgan fingerprint density at radius 2 is 1.62 bits per heavy atom. The molecule has 9 nitrogen and oxygen atoms in total. The lowest BCUT2D eigenvalue weighted by Crippen LogP contribution is -2.34. The van der Waals surface area contributed by atoms with Crippen LogP contribution < -0.4 is 14.8 Å². The molecule has 0 bridgehead atoms. The number of nitrogens with one attached hydrogen (secondary N) is 3. The second kappa shape index (κ2) is 7.64. The van der Waals surface area contributed by atoms with Crippen LogP contribution in [0, 0.1) is 0 Å². The summed E-state index contributed by atoms with van der Waals surface area (Å²) in [6, 6.07) is 0. The minimum Gasteiger partial charge on any atom is -0.355 e. The first-order chi connectivity index (χ1) is 9.80. The molecule has 0 aliphatic heterocycles. The van der Waals surface area contributed by atoms with Gasteiger partial charge < -0.3 is 5.32 Å². The number of nitrogens with zero attached hydrogens (tertiary/aromatic N) is 2. The van der Waals surface area contributed by atoms with Crippen molar-refractivity contribution in [3.05, 3.63) is 12.4 Å². The molecule has 1 heterocycles. The fraction of sp³-hybridized carbons (Fsp3) is 0.600. The molecule has 1 rings (SSSR count). The molecule has 0 aliphatic rings. The van der Waals surface area contributed by atoms with Crippen molar-refractivity contribution in [2.45, 2.75) is 18.7 Å². The van der Waals surface area contributed by atoms with Crippen LogP contribution in [0.1, 0.15) is 13.8 Å². The van der Waals surface area contributed by atoms with Crippen LogP contribution in [0.4, 0.5) is 5.95 Å². The summed E-state index contributed by atoms with van der Waals surface area (Å²) in [4.78, 5) is 7.58. The van der Waals surface area contributed by atoms with Gasteiger partial charge in [0.2, 0.25) is 26.0 Å². The van der Waals surface area contributed by atoms with Crippen molar-refractivity contribution < 1.29 is 16.8 Å². The highest BCUT2D eigenvalue weighted by atomic mass is 32.2. The molecule has 0 spiro atoms. The second-order valence-corrected chi connectivity index (χ2v) is 7.68. The van der Waals surface area contributed by atoms with E-state index < -0.39 is 20.0 Å². The number of hydrogen-bond donors (Lipinski definition) is 3. The van der Waals surface area contributed by atoms with Crippen LogP contribution in [0.25, 0.3) is 0 Å². The molecule has 0 aromatic carbocycles. The number of rotatable bonds is 9. The Morgan fingerprint density at radius 3 is 2.14 bits per heavy atom. The molecule has 0 aliphatic carbocycles. The molecule has 0 radical (unpaired) electrons. The van der Waals surface area contributed by atoms with Gasteiger partial charge in [-0.25, -0.2) is 36.2 Å². The van der Waals surface area contributed by atoms with Crippen molar-refractivity contribution in [2.24, 2.45) is 0 Å². The summed E-state index contributed by atoms with van der Waals surface area (Å²) in [5.41, 5.74) is 0. The van der Waals surface area contributed by atoms with Crippen molar-refractivity contribution in [1.29, 1.82) is 0 Å². The summed E-state index contributed by atoms with van der Waals surface area (Å²) in [7, 11) is -7.29. The van der Waals surface area contributed by atoms with Crippen molar-refractivity contribution >= 4 is 26.0 Å². The fourth-order valence-corrected chi connectivity index (χ4v) is 3.39. The number of aromatic nitrogens is 2. The monoisotopic (exact) mass is 337 g/mol. The Labute approximate surface area is 124 Å². The highest BCUT2D eigenvalue weighted by Gasteiger charge is 2.16. The number of sulfonamides is 2. The van der Waals surface area contributed by atoms with E-state index in [1.165, 1.54) is 0 Å². The van der Waals surface area contributed by atoms with Crippen LogP contribution in [0.5, 0.6) is 0 Å². The predicted octanol–water partition coefficient (Wildman–Crippen LogP) is -0.874. The zero-order valence-electron chi connectivity index (χ0n) is 11.8. The van der Waals surface area contributed by atoms with Gasteiger partial charge in [0.25, 0.3) is 0 Å². The van der Waals surface area contributed by atoms with Gasteiger partial charge in [-0.3, -0.25) is 0 Å². The Hall–Kier alpha value is -1.30. The second-order valence-electron chi connectivity index (χ2n) is 3.99. The quantitative estimate of drug-likeness (QED) is 0.534. The molecule has 0 fully saturated rings. The predicted molar refractivity (Wildman–Crippen MR) is 78.8 cm³/mol. The van der Waals surface area contributed by atoms with Crippen LogP contribution in [0.15, 0.2) is 17.3 Å². The van der Waals surface area contributed by atoms with Gasteiger partial charge in [-0.15, -0.1) is 0 Å². The molecule has 0 atom stereocenters. The first kappa shape index (κ1) is 17.8. The van der Waals surface area contributed by atoms with Crippen LogP contribution in [0.3, 0.4) is 0 Å². The zero-order valence-corrected chi connectivity index (χ0v) is 13.5. The highest BCUT2D eigenvalue weighted by Crippen LogP contribution is 2.06. The van der Waals surface area contributed by atoms with Crippen molar-refractivity contribution in [2.75, 3.05) is 30.7 Å². The van der Waals surface area contributed by atoms with Gasteiger partial charge in [0, 0.05) is 19.6 Å². The van der Waals surface area contributed by atoms with Crippen molar-refractivity contribution in [3.63, 3.8) is 0 Å². The molecule has 1 aromatic heterocycles. The van der Waals surface area contributed by atoms with Gasteiger partial charge in [0.1, 0.15) is 4.90 Å². The molecule has 120 valence electrons. The van der Waals surface area contributed by atoms with Gasteiger partial charge in [-0.1, -0.05) is 6.92 Å². The summed E-state index contributed by atoms with van der Waals surface area (Å²) in [6.07, 6.45) is 2.32. The first-order valence-electron chi connectivity index (χ1n) is 6.33. The number of hydrogen-bond acceptors (Lipinski definition) is 7. The van der Waals surface area contributed by atoms with Gasteiger partial charge >= 0.3 is 0 Å². The smallest absolute Gasteiger partial charge is 0.243 e. The SMILES string of the molecule is CCNc1ncc(S(=O)(=O)NCCS(=O)(=O)NCC)cn1. The first-order valence-corrected chi connectivity index (χ1v) is 9.47. The van der Waals surface area contributed by atoms with E-state index in [2.05, 4.69) is 24.7 Å². The third kappa shape index (κ3) is 5.91. The summed E-state index contributed by atoms with van der Waals surface area (Å²) < 4.78 is 51.1. The molecular formula is C10H19N5O4S2. The molecule has 21 heavy (non-hydrogen) atoms. The van der Waals surface area contributed by atoms with Gasteiger partial charge in [0.05, 0.1) is 18.1 Å². The van der Waals surface area contributed by atoms with E-state index in [4.69, 9.17) is 0 Å². The van der Waals surface area contributed by atoms with Crippen LogP contribution >= 0.6 is 0 Å². The van der Waals surface area contributed by atoms with Crippen LogP contribution in [0.2, 0.25) is 0 Å². The van der Waals surface area contributed by atoms with E-state index in [0.717, 1.165) is 12.4 Å². The molecule has 0 unspecified atom stereocenters. The average molecular weight is 337 g/mol. The van der Waals surface area contributed by atoms with E-state index >= 15 is 0 Å². The minimum atomic E-state index is -3.82. The lowest BCUT2D eigenvalue weighted by atomic mass is 10.6. The molecule has 0 saturated heterocycles. The fourth-order valence-electron chi connectivity index (χ4n) is 1.39. The standard InChI is InChI=1S/C10H19N5O4S2/c1-3-11-10-12-7-9(8-13-10)21(18,19)15-5-6-20(16,17)14-4-2/h7-8,14-15H,3-6H2,1-2H3,(H,11,12,13). The van der Waals surface area contributed by atoms with E-state index in [-0.39, 0.29) is 23.7 Å². The van der Waals surface area contributed by atoms with E-state index in [1.54, 1.807) is 6.92 Å². The maximum atomic E-state index is 11.9. The topological polar surface area (TPSA) is 130 Å². The summed E-state index contributed by atoms with van der Waals surface area (Å²) >= 11 is 0. The molecule has 3 N–H and O–H groups in total. The molecule has 11 heteroatoms. The molecular weight excluding hydrogens is 318 g/mol. The Bertz CT molecular complexity index is 643. The Morgan fingerprint density at radius 1 is 1.00 bits per heavy atom. The highest BCUT2D eigenvalue weighted by molar-refractivity contribution is 7.90. The van der Waals surface area contributed by atoms with E-state index in [9.17, 15) is 16.8 Å². The summed E-state index contributed by atoms with van der Waals surface area (Å²) in [5, 5.41) is 2.84. The van der Waals surface area contributed by atoms with Gasteiger partial charge in [-0.2, -0.15) is 0 Å². The third-order valence-electron chi connectivity index (χ3n) is 2.30.